The van der Waals surface area contributed by atoms with E-state index in [9.17, 15) is 9.90 Å². The van der Waals surface area contributed by atoms with E-state index in [0.717, 1.165) is 25.2 Å². The summed E-state index contributed by atoms with van der Waals surface area (Å²) in [5.41, 5.74) is 1.42. The predicted molar refractivity (Wildman–Crippen MR) is 77.8 cm³/mol. The van der Waals surface area contributed by atoms with Gasteiger partial charge in [-0.25, -0.2) is 0 Å². The van der Waals surface area contributed by atoms with Crippen LogP contribution in [-0.4, -0.2) is 41.1 Å². The first kappa shape index (κ1) is 13.4. The minimum absolute atomic E-state index is 0.0851. The zero-order chi connectivity index (χ0) is 14.5. The average molecular weight is 274 g/mol. The third kappa shape index (κ3) is 1.90. The van der Waals surface area contributed by atoms with Crippen LogP contribution in [0.2, 0.25) is 0 Å². The summed E-state index contributed by atoms with van der Waals surface area (Å²) in [5, 5.41) is 12.9. The minimum atomic E-state index is -0.115. The lowest BCUT2D eigenvalue weighted by atomic mass is 9.84. The van der Waals surface area contributed by atoms with Crippen LogP contribution in [0.3, 0.4) is 0 Å². The maximum Gasteiger partial charge on any atom is 0.254 e. The van der Waals surface area contributed by atoms with E-state index in [1.807, 2.05) is 11.8 Å². The number of nitrogens with one attached hydrogen (secondary N) is 1. The van der Waals surface area contributed by atoms with Gasteiger partial charge >= 0.3 is 0 Å². The lowest BCUT2D eigenvalue weighted by Gasteiger charge is -2.36. The molecule has 0 aliphatic carbocycles. The maximum atomic E-state index is 12.8. The maximum absolute atomic E-state index is 12.8. The van der Waals surface area contributed by atoms with Gasteiger partial charge in [0.1, 0.15) is 5.75 Å². The fourth-order valence-electron chi connectivity index (χ4n) is 3.80. The summed E-state index contributed by atoms with van der Waals surface area (Å²) in [6, 6.07) is 4.97. The molecule has 0 radical (unpaired) electrons. The number of carbonyl (C=O) groups is 1. The normalized spacial score (nSPS) is 27.6. The minimum Gasteiger partial charge on any atom is -0.508 e. The van der Waals surface area contributed by atoms with Gasteiger partial charge in [-0.2, -0.15) is 0 Å². The number of hydrogen-bond acceptors (Lipinski definition) is 3. The highest BCUT2D eigenvalue weighted by Crippen LogP contribution is 2.41. The van der Waals surface area contributed by atoms with Crippen molar-refractivity contribution in [2.75, 3.05) is 19.6 Å². The molecule has 0 spiro atoms. The monoisotopic (exact) mass is 274 g/mol. The molecule has 4 nitrogen and oxygen atoms in total. The molecule has 2 atom stereocenters. The number of phenols is 1. The molecule has 108 valence electrons. The van der Waals surface area contributed by atoms with Gasteiger partial charge in [-0.3, -0.25) is 4.79 Å². The summed E-state index contributed by atoms with van der Waals surface area (Å²) in [7, 11) is 0. The van der Waals surface area contributed by atoms with Gasteiger partial charge in [0.15, 0.2) is 0 Å². The fourth-order valence-corrected chi connectivity index (χ4v) is 3.80. The van der Waals surface area contributed by atoms with Gasteiger partial charge in [0.2, 0.25) is 0 Å². The van der Waals surface area contributed by atoms with E-state index >= 15 is 0 Å². The largest absolute Gasteiger partial charge is 0.508 e. The number of nitrogens with zero attached hydrogens (tertiary/aromatic N) is 1. The van der Waals surface area contributed by atoms with Crippen LogP contribution in [0.15, 0.2) is 18.2 Å². The molecule has 1 aromatic rings. The Labute approximate surface area is 119 Å². The third-order valence-electron chi connectivity index (χ3n) is 5.05. The summed E-state index contributed by atoms with van der Waals surface area (Å²) >= 11 is 0. The SMILES string of the molecule is Cc1cc(O)ccc1C(=O)N1CC2CNCC2C1(C)C. The number of carbonyl (C=O) groups excluding carboxylic acids is 1. The van der Waals surface area contributed by atoms with E-state index in [4.69, 9.17) is 0 Å². The number of aromatic hydroxyl groups is 1. The Kier molecular flexibility index (Phi) is 3.01. The van der Waals surface area contributed by atoms with Gasteiger partial charge in [-0.05, 0) is 56.4 Å². The number of aryl methyl sites for hydroxylation is 1. The number of likely N-dealkylation sites (tertiary alicyclic amines) is 1. The van der Waals surface area contributed by atoms with Crippen molar-refractivity contribution in [2.24, 2.45) is 11.8 Å². The van der Waals surface area contributed by atoms with Crippen LogP contribution < -0.4 is 5.32 Å². The van der Waals surface area contributed by atoms with Crippen molar-refractivity contribution < 1.29 is 9.90 Å². The molecular formula is C16H22N2O2. The van der Waals surface area contributed by atoms with Gasteiger partial charge in [0.25, 0.3) is 5.91 Å². The van der Waals surface area contributed by atoms with Crippen LogP contribution in [0.25, 0.3) is 0 Å². The van der Waals surface area contributed by atoms with Crippen LogP contribution in [0.5, 0.6) is 5.75 Å². The zero-order valence-corrected chi connectivity index (χ0v) is 12.3. The number of phenolic OH excluding ortho intramolecular Hbond substituents is 1. The van der Waals surface area contributed by atoms with Crippen molar-refractivity contribution in [3.05, 3.63) is 29.3 Å². The molecule has 0 aromatic heterocycles. The summed E-state index contributed by atoms with van der Waals surface area (Å²) in [5.74, 6) is 1.39. The molecule has 2 aliphatic rings. The molecule has 4 heteroatoms. The molecule has 2 fully saturated rings. The molecule has 2 saturated heterocycles. The highest BCUT2D eigenvalue weighted by Gasteiger charge is 2.51. The molecule has 3 rings (SSSR count). The molecule has 20 heavy (non-hydrogen) atoms. The van der Waals surface area contributed by atoms with Crippen LogP contribution in [0.1, 0.15) is 29.8 Å². The quantitative estimate of drug-likeness (QED) is 0.820. The Morgan fingerprint density at radius 1 is 1.40 bits per heavy atom. The van der Waals surface area contributed by atoms with Gasteiger partial charge in [-0.1, -0.05) is 0 Å². The molecule has 1 amide bonds. The second kappa shape index (κ2) is 4.48. The average Bonchev–Trinajstić information content (AvgIpc) is 2.91. The lowest BCUT2D eigenvalue weighted by molar-refractivity contribution is 0.0602. The van der Waals surface area contributed by atoms with E-state index in [-0.39, 0.29) is 17.2 Å². The van der Waals surface area contributed by atoms with E-state index < -0.39 is 0 Å². The van der Waals surface area contributed by atoms with Crippen LogP contribution >= 0.6 is 0 Å². The van der Waals surface area contributed by atoms with E-state index in [2.05, 4.69) is 19.2 Å². The van der Waals surface area contributed by atoms with Gasteiger partial charge < -0.3 is 15.3 Å². The number of fused-ring (bicyclic) bond motifs is 1. The molecule has 1 aromatic carbocycles. The van der Waals surface area contributed by atoms with Crippen LogP contribution in [-0.2, 0) is 0 Å². The zero-order valence-electron chi connectivity index (χ0n) is 12.3. The Morgan fingerprint density at radius 3 is 2.80 bits per heavy atom. The first-order chi connectivity index (χ1) is 9.41. The molecule has 0 bridgehead atoms. The highest BCUT2D eigenvalue weighted by molar-refractivity contribution is 5.96. The van der Waals surface area contributed by atoms with Gasteiger partial charge in [0.05, 0.1) is 0 Å². The first-order valence-electron chi connectivity index (χ1n) is 7.23. The Hall–Kier alpha value is -1.55. The predicted octanol–water partition coefficient (Wildman–Crippen LogP) is 1.77. The van der Waals surface area contributed by atoms with Crippen molar-refractivity contribution in [1.29, 1.82) is 0 Å². The number of hydrogen-bond donors (Lipinski definition) is 2. The van der Waals surface area contributed by atoms with E-state index in [1.54, 1.807) is 18.2 Å². The fraction of sp³-hybridized carbons (Fsp3) is 0.562. The number of benzene rings is 1. The lowest BCUT2D eigenvalue weighted by Crippen LogP contribution is -2.47. The Bertz CT molecular complexity index is 553. The van der Waals surface area contributed by atoms with Crippen LogP contribution in [0, 0.1) is 18.8 Å². The second-order valence-electron chi connectivity index (χ2n) is 6.59. The highest BCUT2D eigenvalue weighted by atomic mass is 16.3. The molecule has 2 heterocycles. The van der Waals surface area contributed by atoms with Crippen molar-refractivity contribution >= 4 is 5.91 Å². The number of amides is 1. The molecule has 2 unspecified atom stereocenters. The molecule has 2 aliphatic heterocycles. The smallest absolute Gasteiger partial charge is 0.254 e. The van der Waals surface area contributed by atoms with E-state index in [0.29, 0.717) is 17.4 Å². The van der Waals surface area contributed by atoms with Gasteiger partial charge in [0, 0.05) is 30.7 Å². The molecular weight excluding hydrogens is 252 g/mol. The molecule has 0 saturated carbocycles. The van der Waals surface area contributed by atoms with Crippen molar-refractivity contribution in [3.63, 3.8) is 0 Å². The topological polar surface area (TPSA) is 52.6 Å². The summed E-state index contributed by atoms with van der Waals surface area (Å²) in [6.07, 6.45) is 0. The number of rotatable bonds is 1. The standard InChI is InChI=1S/C16H22N2O2/c1-10-6-12(19)4-5-13(10)15(20)18-9-11-7-17-8-14(11)16(18,2)3/h4-6,11,14,17,19H,7-9H2,1-3H3. The summed E-state index contributed by atoms with van der Waals surface area (Å²) in [6.45, 7) is 9.03. The summed E-state index contributed by atoms with van der Waals surface area (Å²) in [4.78, 5) is 14.9. The molecule has 2 N–H and O–H groups in total. The second-order valence-corrected chi connectivity index (χ2v) is 6.59. The van der Waals surface area contributed by atoms with Crippen molar-refractivity contribution in [3.8, 4) is 5.75 Å². The van der Waals surface area contributed by atoms with Gasteiger partial charge in [-0.15, -0.1) is 0 Å². The Balaban J connectivity index is 1.91. The van der Waals surface area contributed by atoms with Crippen molar-refractivity contribution in [2.45, 2.75) is 26.3 Å². The Morgan fingerprint density at radius 2 is 2.15 bits per heavy atom. The van der Waals surface area contributed by atoms with Crippen molar-refractivity contribution in [1.82, 2.24) is 10.2 Å². The summed E-state index contributed by atoms with van der Waals surface area (Å²) < 4.78 is 0. The van der Waals surface area contributed by atoms with E-state index in [1.165, 1.54) is 0 Å². The third-order valence-corrected chi connectivity index (χ3v) is 5.05. The van der Waals surface area contributed by atoms with Crippen LogP contribution in [0.4, 0.5) is 0 Å². The first-order valence-corrected chi connectivity index (χ1v) is 7.23.